The van der Waals surface area contributed by atoms with Crippen LogP contribution < -0.4 is 14.5 Å². The van der Waals surface area contributed by atoms with Gasteiger partial charge in [-0.15, -0.1) is 0 Å². The largest absolute Gasteiger partial charge is 0.369 e. The Morgan fingerprint density at radius 1 is 1.03 bits per heavy atom. The van der Waals surface area contributed by atoms with Crippen molar-refractivity contribution in [2.45, 2.75) is 26.4 Å². The van der Waals surface area contributed by atoms with Crippen LogP contribution in [-0.4, -0.2) is 64.7 Å². The van der Waals surface area contributed by atoms with E-state index in [9.17, 15) is 13.2 Å². The van der Waals surface area contributed by atoms with Crippen LogP contribution in [0.3, 0.4) is 0 Å². The number of carbonyl (C=O) groups excluding carboxylic acids is 1. The molecule has 168 valence electrons. The molecule has 7 nitrogen and oxygen atoms in total. The number of amides is 1. The Balaban J connectivity index is 1.62. The van der Waals surface area contributed by atoms with Gasteiger partial charge in [-0.1, -0.05) is 29.8 Å². The van der Waals surface area contributed by atoms with Crippen molar-refractivity contribution in [3.63, 3.8) is 0 Å². The van der Waals surface area contributed by atoms with Gasteiger partial charge in [0.2, 0.25) is 15.9 Å². The van der Waals surface area contributed by atoms with Crippen molar-refractivity contribution >= 4 is 27.3 Å². The summed E-state index contributed by atoms with van der Waals surface area (Å²) in [5.74, 6) is -0.339. The number of nitrogens with one attached hydrogen (secondary N) is 1. The highest BCUT2D eigenvalue weighted by Gasteiger charge is 2.28. The highest BCUT2D eigenvalue weighted by Crippen LogP contribution is 2.22. The van der Waals surface area contributed by atoms with Crippen LogP contribution in [0.2, 0.25) is 0 Å². The number of hydrogen-bond acceptors (Lipinski definition) is 5. The van der Waals surface area contributed by atoms with Gasteiger partial charge in [-0.3, -0.25) is 9.10 Å². The molecule has 8 heteroatoms. The van der Waals surface area contributed by atoms with Gasteiger partial charge in [-0.2, -0.15) is 0 Å². The summed E-state index contributed by atoms with van der Waals surface area (Å²) in [7, 11) is -1.48. The van der Waals surface area contributed by atoms with Crippen LogP contribution in [0.5, 0.6) is 0 Å². The van der Waals surface area contributed by atoms with E-state index < -0.39 is 16.1 Å². The first kappa shape index (κ1) is 23.1. The van der Waals surface area contributed by atoms with Crippen LogP contribution >= 0.6 is 0 Å². The molecule has 0 radical (unpaired) electrons. The molecule has 1 aliphatic heterocycles. The number of piperazine rings is 1. The molecule has 1 N–H and O–H groups in total. The van der Waals surface area contributed by atoms with Gasteiger partial charge >= 0.3 is 0 Å². The lowest BCUT2D eigenvalue weighted by Gasteiger charge is -2.34. The molecule has 0 aliphatic carbocycles. The van der Waals surface area contributed by atoms with E-state index in [0.717, 1.165) is 47.9 Å². The SMILES string of the molecule is Cc1ccc(N([C@@H](C)C(=O)NCc2ccc(N3CCN(C)CC3)cc2)S(C)(=O)=O)cc1. The van der Waals surface area contributed by atoms with E-state index in [-0.39, 0.29) is 5.91 Å². The quantitative estimate of drug-likeness (QED) is 0.709. The fourth-order valence-electron chi connectivity index (χ4n) is 3.73. The van der Waals surface area contributed by atoms with Gasteiger partial charge in [0.1, 0.15) is 6.04 Å². The number of aryl methyl sites for hydroxylation is 1. The molecule has 31 heavy (non-hydrogen) atoms. The van der Waals surface area contributed by atoms with Crippen LogP contribution in [0.25, 0.3) is 0 Å². The summed E-state index contributed by atoms with van der Waals surface area (Å²) in [6.07, 6.45) is 1.12. The second-order valence-corrected chi connectivity index (χ2v) is 10.1. The van der Waals surface area contributed by atoms with Gasteiger partial charge in [0.15, 0.2) is 0 Å². The Hall–Kier alpha value is -2.58. The fourth-order valence-corrected chi connectivity index (χ4v) is 4.90. The van der Waals surface area contributed by atoms with E-state index in [1.165, 1.54) is 5.69 Å². The fraction of sp³-hybridized carbons (Fsp3) is 0.435. The average molecular weight is 445 g/mol. The Bertz CT molecular complexity index is 982. The summed E-state index contributed by atoms with van der Waals surface area (Å²) in [5, 5.41) is 2.87. The van der Waals surface area contributed by atoms with Crippen molar-refractivity contribution in [2.75, 3.05) is 48.7 Å². The molecule has 1 aliphatic rings. The standard InChI is InChI=1S/C23H32N4O3S/c1-18-5-9-22(10-6-18)27(31(4,29)30)19(2)23(28)24-17-20-7-11-21(12-8-20)26-15-13-25(3)14-16-26/h5-12,19H,13-17H2,1-4H3,(H,24,28)/t19-/m0/s1. The summed E-state index contributed by atoms with van der Waals surface area (Å²) in [4.78, 5) is 17.4. The zero-order valence-electron chi connectivity index (χ0n) is 18.7. The summed E-state index contributed by atoms with van der Waals surface area (Å²) in [5.41, 5.74) is 3.65. The van der Waals surface area contributed by atoms with E-state index in [4.69, 9.17) is 0 Å². The van der Waals surface area contributed by atoms with Gasteiger partial charge in [-0.05, 0) is 50.7 Å². The van der Waals surface area contributed by atoms with Crippen molar-refractivity contribution in [1.29, 1.82) is 0 Å². The van der Waals surface area contributed by atoms with Crippen LogP contribution in [0.15, 0.2) is 48.5 Å². The van der Waals surface area contributed by atoms with E-state index >= 15 is 0 Å². The lowest BCUT2D eigenvalue weighted by molar-refractivity contribution is -0.122. The number of carbonyl (C=O) groups is 1. The molecule has 3 rings (SSSR count). The normalized spacial score (nSPS) is 16.1. The molecular weight excluding hydrogens is 412 g/mol. The van der Waals surface area contributed by atoms with Crippen molar-refractivity contribution in [3.05, 3.63) is 59.7 Å². The van der Waals surface area contributed by atoms with Gasteiger partial charge in [-0.25, -0.2) is 8.42 Å². The maximum atomic E-state index is 12.8. The second-order valence-electron chi connectivity index (χ2n) is 8.24. The zero-order valence-corrected chi connectivity index (χ0v) is 19.5. The molecule has 2 aromatic rings. The molecule has 0 unspecified atom stereocenters. The van der Waals surface area contributed by atoms with Crippen molar-refractivity contribution in [3.8, 4) is 0 Å². The minimum atomic E-state index is -3.62. The number of rotatable bonds is 7. The molecule has 1 heterocycles. The Morgan fingerprint density at radius 2 is 1.61 bits per heavy atom. The molecule has 1 saturated heterocycles. The highest BCUT2D eigenvalue weighted by atomic mass is 32.2. The van der Waals surface area contributed by atoms with E-state index in [1.807, 2.05) is 31.2 Å². The van der Waals surface area contributed by atoms with Crippen molar-refractivity contribution < 1.29 is 13.2 Å². The topological polar surface area (TPSA) is 73.0 Å². The summed E-state index contributed by atoms with van der Waals surface area (Å²) in [6.45, 7) is 7.99. The molecule has 0 spiro atoms. The Labute approximate surface area is 185 Å². The molecule has 1 atom stereocenters. The number of nitrogens with zero attached hydrogens (tertiary/aromatic N) is 3. The summed E-state index contributed by atoms with van der Waals surface area (Å²) >= 11 is 0. The van der Waals surface area contributed by atoms with Gasteiger partial charge in [0.05, 0.1) is 11.9 Å². The predicted molar refractivity (Wildman–Crippen MR) is 126 cm³/mol. The van der Waals surface area contributed by atoms with Gasteiger partial charge in [0, 0.05) is 38.4 Å². The molecular formula is C23H32N4O3S. The summed E-state index contributed by atoms with van der Waals surface area (Å²) < 4.78 is 25.9. The minimum absolute atomic E-state index is 0.339. The molecule has 1 amide bonds. The molecule has 1 fully saturated rings. The third-order valence-corrected chi connectivity index (χ3v) is 6.89. The number of hydrogen-bond donors (Lipinski definition) is 1. The number of likely N-dealkylation sites (N-methyl/N-ethyl adjacent to an activating group) is 1. The van der Waals surface area contributed by atoms with Crippen molar-refractivity contribution in [2.24, 2.45) is 0 Å². The first-order valence-corrected chi connectivity index (χ1v) is 12.4. The monoisotopic (exact) mass is 444 g/mol. The van der Waals surface area contributed by atoms with E-state index in [2.05, 4.69) is 34.3 Å². The smallest absolute Gasteiger partial charge is 0.243 e. The predicted octanol–water partition coefficient (Wildman–Crippen LogP) is 2.22. The van der Waals surface area contributed by atoms with E-state index in [0.29, 0.717) is 12.2 Å². The number of anilines is 2. The van der Waals surface area contributed by atoms with Crippen LogP contribution in [0.1, 0.15) is 18.1 Å². The second kappa shape index (κ2) is 9.70. The van der Waals surface area contributed by atoms with Crippen LogP contribution in [-0.2, 0) is 21.4 Å². The Kier molecular flexibility index (Phi) is 7.23. The maximum absolute atomic E-state index is 12.8. The maximum Gasteiger partial charge on any atom is 0.243 e. The lowest BCUT2D eigenvalue weighted by atomic mass is 10.1. The van der Waals surface area contributed by atoms with Gasteiger partial charge < -0.3 is 15.1 Å². The van der Waals surface area contributed by atoms with E-state index in [1.54, 1.807) is 19.1 Å². The lowest BCUT2D eigenvalue weighted by Crippen LogP contribution is -2.47. The molecule has 0 saturated carbocycles. The third kappa shape index (κ3) is 5.98. The molecule has 0 bridgehead atoms. The number of benzene rings is 2. The molecule has 2 aromatic carbocycles. The Morgan fingerprint density at radius 3 is 2.16 bits per heavy atom. The zero-order chi connectivity index (χ0) is 22.6. The van der Waals surface area contributed by atoms with Crippen molar-refractivity contribution in [1.82, 2.24) is 10.2 Å². The third-order valence-electron chi connectivity index (χ3n) is 5.65. The van der Waals surface area contributed by atoms with Crippen LogP contribution in [0.4, 0.5) is 11.4 Å². The first-order chi connectivity index (χ1) is 14.6. The number of sulfonamides is 1. The first-order valence-electron chi connectivity index (χ1n) is 10.5. The van der Waals surface area contributed by atoms with Gasteiger partial charge in [0.25, 0.3) is 0 Å². The average Bonchev–Trinajstić information content (AvgIpc) is 2.73. The minimum Gasteiger partial charge on any atom is -0.369 e. The van der Waals surface area contributed by atoms with Crippen LogP contribution in [0, 0.1) is 6.92 Å². The molecule has 0 aromatic heterocycles. The summed E-state index contributed by atoms with van der Waals surface area (Å²) in [6, 6.07) is 14.4. The highest BCUT2D eigenvalue weighted by molar-refractivity contribution is 7.92.